The Bertz CT molecular complexity index is 658. The highest BCUT2D eigenvalue weighted by atomic mass is 16.5. The van der Waals surface area contributed by atoms with Gasteiger partial charge in [-0.05, 0) is 36.5 Å². The van der Waals surface area contributed by atoms with Crippen LogP contribution in [0.25, 0.3) is 10.9 Å². The van der Waals surface area contributed by atoms with Crippen molar-refractivity contribution >= 4 is 23.3 Å². The highest BCUT2D eigenvalue weighted by Gasteiger charge is 2.25. The number of hydrogen-bond donors (Lipinski definition) is 1. The van der Waals surface area contributed by atoms with Crippen molar-refractivity contribution in [1.29, 1.82) is 0 Å². The maximum atomic E-state index is 11.4. The normalized spacial score (nSPS) is 14.5. The van der Waals surface area contributed by atoms with Crippen LogP contribution in [0.4, 0.5) is 0 Å². The Morgan fingerprint density at radius 1 is 1.53 bits per heavy atom. The Morgan fingerprint density at radius 3 is 2.95 bits per heavy atom. The molecule has 3 rings (SSSR count). The zero-order chi connectivity index (χ0) is 13.4. The van der Waals surface area contributed by atoms with Gasteiger partial charge in [-0.3, -0.25) is 9.59 Å². The summed E-state index contributed by atoms with van der Waals surface area (Å²) in [6.45, 7) is 0.312. The Labute approximate surface area is 109 Å². The van der Waals surface area contributed by atoms with Crippen LogP contribution in [0.15, 0.2) is 18.2 Å². The second-order valence-corrected chi connectivity index (χ2v) is 4.66. The average molecular weight is 259 g/mol. The summed E-state index contributed by atoms with van der Waals surface area (Å²) in [5, 5.41) is 4.82. The van der Waals surface area contributed by atoms with E-state index in [4.69, 9.17) is 5.73 Å². The van der Waals surface area contributed by atoms with Crippen molar-refractivity contribution in [1.82, 2.24) is 9.78 Å². The van der Waals surface area contributed by atoms with E-state index < -0.39 is 5.91 Å². The average Bonchev–Trinajstić information content (AvgIpc) is 3.18. The monoisotopic (exact) mass is 259 g/mol. The van der Waals surface area contributed by atoms with E-state index in [2.05, 4.69) is 9.84 Å². The molecule has 1 amide bonds. The fraction of sp³-hybridized carbons (Fsp3) is 0.308. The van der Waals surface area contributed by atoms with Crippen molar-refractivity contribution in [2.75, 3.05) is 0 Å². The lowest BCUT2D eigenvalue weighted by molar-refractivity contribution is -0.132. The van der Waals surface area contributed by atoms with Crippen LogP contribution in [-0.2, 0) is 16.3 Å². The molecule has 1 aromatic carbocycles. The molecule has 98 valence electrons. The molecule has 1 aliphatic carbocycles. The number of rotatable bonds is 5. The summed E-state index contributed by atoms with van der Waals surface area (Å²) < 4.78 is 6.14. The highest BCUT2D eigenvalue weighted by molar-refractivity contribution is 6.04. The summed E-state index contributed by atoms with van der Waals surface area (Å²) >= 11 is 0. The van der Waals surface area contributed by atoms with Gasteiger partial charge in [0.2, 0.25) is 0 Å². The minimum atomic E-state index is -0.581. The molecule has 19 heavy (non-hydrogen) atoms. The Hall–Kier alpha value is -2.37. The molecule has 1 heterocycles. The first-order valence-electron chi connectivity index (χ1n) is 6.06. The molecule has 6 nitrogen and oxygen atoms in total. The number of hydrogen-bond acceptors (Lipinski definition) is 4. The van der Waals surface area contributed by atoms with Crippen LogP contribution >= 0.6 is 0 Å². The topological polar surface area (TPSA) is 87.2 Å². The van der Waals surface area contributed by atoms with E-state index in [1.165, 1.54) is 23.1 Å². The first kappa shape index (κ1) is 11.7. The molecule has 1 saturated carbocycles. The van der Waals surface area contributed by atoms with Gasteiger partial charge in [0, 0.05) is 5.39 Å². The second-order valence-electron chi connectivity index (χ2n) is 4.66. The molecule has 0 radical (unpaired) electrons. The van der Waals surface area contributed by atoms with Gasteiger partial charge in [-0.1, -0.05) is 6.07 Å². The maximum absolute atomic E-state index is 11.4. The minimum absolute atomic E-state index is 0.0317. The minimum Gasteiger partial charge on any atom is -0.445 e. The number of benzene rings is 1. The number of amides is 1. The van der Waals surface area contributed by atoms with E-state index in [9.17, 15) is 9.59 Å². The lowest BCUT2D eigenvalue weighted by Crippen LogP contribution is -2.13. The van der Waals surface area contributed by atoms with Crippen molar-refractivity contribution in [2.45, 2.75) is 25.5 Å². The molecule has 0 aliphatic heterocycles. The van der Waals surface area contributed by atoms with Crippen LogP contribution in [0, 0.1) is 0 Å². The number of nitrogens with two attached hydrogens (primary N) is 1. The van der Waals surface area contributed by atoms with Crippen molar-refractivity contribution in [3.8, 4) is 0 Å². The standard InChI is InChI=1S/C13H13N3O3/c14-13(18)12-10-5-9(8-1-2-8)3-4-11(10)16(15-12)6-19-7-17/h3-5,7-8H,1-2,6H2,(H2,14,18). The third-order valence-electron chi connectivity index (χ3n) is 3.32. The van der Waals surface area contributed by atoms with Crippen LogP contribution in [0.2, 0.25) is 0 Å². The van der Waals surface area contributed by atoms with Crippen LogP contribution < -0.4 is 5.73 Å². The van der Waals surface area contributed by atoms with Crippen molar-refractivity contribution < 1.29 is 14.3 Å². The fourth-order valence-electron chi connectivity index (χ4n) is 2.25. The molecule has 0 unspecified atom stereocenters. The SMILES string of the molecule is NC(=O)c1nn(COC=O)c2ccc(C3CC3)cc12. The summed E-state index contributed by atoms with van der Waals surface area (Å²) in [5.41, 5.74) is 7.49. The number of fused-ring (bicyclic) bond motifs is 1. The van der Waals surface area contributed by atoms with Crippen LogP contribution in [0.3, 0.4) is 0 Å². The summed E-state index contributed by atoms with van der Waals surface area (Å²) in [4.78, 5) is 21.7. The molecular weight excluding hydrogens is 246 g/mol. The molecule has 0 spiro atoms. The van der Waals surface area contributed by atoms with Gasteiger partial charge in [0.15, 0.2) is 12.4 Å². The molecule has 0 bridgehead atoms. The largest absolute Gasteiger partial charge is 0.445 e. The highest BCUT2D eigenvalue weighted by Crippen LogP contribution is 2.41. The molecule has 1 aliphatic rings. The number of aromatic nitrogens is 2. The van der Waals surface area contributed by atoms with Crippen molar-refractivity contribution in [3.05, 3.63) is 29.5 Å². The van der Waals surface area contributed by atoms with Crippen LogP contribution in [0.5, 0.6) is 0 Å². The third kappa shape index (κ3) is 2.05. The molecule has 0 atom stereocenters. The molecule has 2 N–H and O–H groups in total. The van der Waals surface area contributed by atoms with Crippen LogP contribution in [-0.4, -0.2) is 22.2 Å². The maximum Gasteiger partial charge on any atom is 0.294 e. The van der Waals surface area contributed by atoms with Gasteiger partial charge in [-0.15, -0.1) is 0 Å². The predicted molar refractivity (Wildman–Crippen MR) is 67.4 cm³/mol. The lowest BCUT2D eigenvalue weighted by atomic mass is 10.1. The van der Waals surface area contributed by atoms with Crippen molar-refractivity contribution in [2.24, 2.45) is 5.73 Å². The van der Waals surface area contributed by atoms with Gasteiger partial charge in [0.25, 0.3) is 12.4 Å². The molecule has 1 aromatic heterocycles. The van der Waals surface area contributed by atoms with Gasteiger partial charge in [-0.2, -0.15) is 5.10 Å². The smallest absolute Gasteiger partial charge is 0.294 e. The zero-order valence-electron chi connectivity index (χ0n) is 10.2. The van der Waals surface area contributed by atoms with E-state index in [0.717, 1.165) is 5.52 Å². The van der Waals surface area contributed by atoms with E-state index in [0.29, 0.717) is 17.8 Å². The van der Waals surface area contributed by atoms with E-state index in [1.807, 2.05) is 18.2 Å². The molecule has 1 fully saturated rings. The van der Waals surface area contributed by atoms with Gasteiger partial charge in [0.1, 0.15) is 0 Å². The van der Waals surface area contributed by atoms with Gasteiger partial charge in [-0.25, -0.2) is 4.68 Å². The number of carbonyl (C=O) groups excluding carboxylic acids is 2. The number of primary amides is 1. The number of carbonyl (C=O) groups is 2. The summed E-state index contributed by atoms with van der Waals surface area (Å²) in [6.07, 6.45) is 2.36. The first-order valence-corrected chi connectivity index (χ1v) is 6.06. The van der Waals surface area contributed by atoms with E-state index >= 15 is 0 Å². The summed E-state index contributed by atoms with van der Waals surface area (Å²) in [7, 11) is 0. The van der Waals surface area contributed by atoms with Gasteiger partial charge in [0.05, 0.1) is 5.52 Å². The molecule has 0 saturated heterocycles. The zero-order valence-corrected chi connectivity index (χ0v) is 10.2. The Balaban J connectivity index is 2.12. The quantitative estimate of drug-likeness (QED) is 0.816. The Morgan fingerprint density at radius 2 is 2.32 bits per heavy atom. The van der Waals surface area contributed by atoms with Crippen LogP contribution in [0.1, 0.15) is 34.8 Å². The summed E-state index contributed by atoms with van der Waals surface area (Å²) in [5.74, 6) is 0.00232. The third-order valence-corrected chi connectivity index (χ3v) is 3.32. The van der Waals surface area contributed by atoms with Crippen molar-refractivity contribution in [3.63, 3.8) is 0 Å². The lowest BCUT2D eigenvalue weighted by Gasteiger charge is -2.02. The van der Waals surface area contributed by atoms with Gasteiger partial charge >= 0.3 is 0 Å². The predicted octanol–water partition coefficient (Wildman–Crippen LogP) is 1.14. The second kappa shape index (κ2) is 4.38. The first-order chi connectivity index (χ1) is 9.20. The Kier molecular flexibility index (Phi) is 2.70. The molecule has 6 heteroatoms. The molecule has 2 aromatic rings. The number of nitrogens with zero attached hydrogens (tertiary/aromatic N) is 2. The van der Waals surface area contributed by atoms with E-state index in [-0.39, 0.29) is 12.4 Å². The summed E-state index contributed by atoms with van der Waals surface area (Å²) in [6, 6.07) is 5.86. The molecular formula is C13H13N3O3. The van der Waals surface area contributed by atoms with E-state index in [1.54, 1.807) is 0 Å². The number of ether oxygens (including phenoxy) is 1. The fourth-order valence-corrected chi connectivity index (χ4v) is 2.25. The van der Waals surface area contributed by atoms with Gasteiger partial charge < -0.3 is 10.5 Å².